The molecule has 0 bridgehead atoms. The first-order valence-corrected chi connectivity index (χ1v) is 11.8. The van der Waals surface area contributed by atoms with Crippen LogP contribution in [-0.2, 0) is 14.9 Å². The predicted octanol–water partition coefficient (Wildman–Crippen LogP) is 4.60. The van der Waals surface area contributed by atoms with Crippen LogP contribution in [-0.4, -0.2) is 46.7 Å². The molecule has 1 aromatic carbocycles. The van der Waals surface area contributed by atoms with Crippen LogP contribution in [0.3, 0.4) is 0 Å². The molecule has 1 aromatic heterocycles. The van der Waals surface area contributed by atoms with E-state index in [1.807, 2.05) is 0 Å². The van der Waals surface area contributed by atoms with Crippen LogP contribution < -0.4 is 5.32 Å². The largest absolute Gasteiger partial charge is 0.383 e. The number of nitrogens with one attached hydrogen (secondary N) is 1. The summed E-state index contributed by atoms with van der Waals surface area (Å²) in [6.07, 6.45) is 6.02. The molecule has 1 N–H and O–H groups in total. The van der Waals surface area contributed by atoms with Gasteiger partial charge in [0.05, 0.1) is 12.4 Å². The fourth-order valence-corrected chi connectivity index (χ4v) is 4.67. The maximum Gasteiger partial charge on any atom is 0.230 e. The van der Waals surface area contributed by atoms with Gasteiger partial charge in [-0.05, 0) is 23.8 Å². The molecular weight excluding hydrogens is 396 g/mol. The minimum Gasteiger partial charge on any atom is -0.383 e. The second kappa shape index (κ2) is 10.4. The molecule has 0 atom stereocenters. The van der Waals surface area contributed by atoms with E-state index in [0.29, 0.717) is 24.9 Å². The Morgan fingerprint density at radius 3 is 2.50 bits per heavy atom. The summed E-state index contributed by atoms with van der Waals surface area (Å²) in [6, 6.07) is 9.06. The summed E-state index contributed by atoms with van der Waals surface area (Å²) in [5.41, 5.74) is 2.50. The summed E-state index contributed by atoms with van der Waals surface area (Å²) in [5, 5.41) is 12.7. The fraction of sp³-hybridized carbons (Fsp3) is 0.609. The van der Waals surface area contributed by atoms with Gasteiger partial charge in [-0.15, -0.1) is 10.2 Å². The van der Waals surface area contributed by atoms with Crippen molar-refractivity contribution in [2.75, 3.05) is 26.0 Å². The van der Waals surface area contributed by atoms with Crippen molar-refractivity contribution >= 4 is 17.7 Å². The van der Waals surface area contributed by atoms with E-state index in [4.69, 9.17) is 4.74 Å². The van der Waals surface area contributed by atoms with Crippen LogP contribution in [0.15, 0.2) is 29.4 Å². The topological polar surface area (TPSA) is 69.0 Å². The molecule has 3 rings (SSSR count). The molecule has 1 fully saturated rings. The van der Waals surface area contributed by atoms with Gasteiger partial charge in [-0.1, -0.05) is 76.1 Å². The van der Waals surface area contributed by atoms with Crippen molar-refractivity contribution in [1.82, 2.24) is 20.1 Å². The molecular formula is C23H34N4O2S. The second-order valence-electron chi connectivity index (χ2n) is 8.93. The Morgan fingerprint density at radius 2 is 1.87 bits per heavy atom. The van der Waals surface area contributed by atoms with Crippen molar-refractivity contribution in [1.29, 1.82) is 0 Å². The first kappa shape index (κ1) is 22.8. The third-order valence-corrected chi connectivity index (χ3v) is 6.52. The number of aromatic nitrogens is 3. The number of benzene rings is 1. The lowest BCUT2D eigenvalue weighted by atomic mass is 9.86. The van der Waals surface area contributed by atoms with Crippen molar-refractivity contribution < 1.29 is 9.53 Å². The number of amides is 1. The van der Waals surface area contributed by atoms with Crippen LogP contribution in [0.25, 0.3) is 11.4 Å². The van der Waals surface area contributed by atoms with Gasteiger partial charge in [0.25, 0.3) is 0 Å². The van der Waals surface area contributed by atoms with E-state index in [0.717, 1.165) is 29.4 Å². The van der Waals surface area contributed by atoms with E-state index < -0.39 is 0 Å². The smallest absolute Gasteiger partial charge is 0.230 e. The number of methoxy groups -OCH3 is 1. The number of rotatable bonds is 8. The molecule has 6 nitrogen and oxygen atoms in total. The highest BCUT2D eigenvalue weighted by molar-refractivity contribution is 7.99. The predicted molar refractivity (Wildman–Crippen MR) is 122 cm³/mol. The number of carbonyl (C=O) groups excluding carboxylic acids is 1. The highest BCUT2D eigenvalue weighted by Gasteiger charge is 2.24. The molecule has 1 aliphatic carbocycles. The van der Waals surface area contributed by atoms with Gasteiger partial charge >= 0.3 is 0 Å². The van der Waals surface area contributed by atoms with Crippen LogP contribution in [0.4, 0.5) is 0 Å². The average Bonchev–Trinajstić information content (AvgIpc) is 3.16. The number of ether oxygens (including phenoxy) is 1. The minimum absolute atomic E-state index is 0.00803. The Labute approximate surface area is 184 Å². The van der Waals surface area contributed by atoms with Crippen molar-refractivity contribution in [3.63, 3.8) is 0 Å². The Bertz CT molecular complexity index is 821. The maximum absolute atomic E-state index is 12.1. The number of carbonyl (C=O) groups is 1. The molecule has 0 unspecified atom stereocenters. The highest BCUT2D eigenvalue weighted by atomic mass is 32.2. The third kappa shape index (κ3) is 5.85. The summed E-state index contributed by atoms with van der Waals surface area (Å²) in [5.74, 6) is 1.23. The highest BCUT2D eigenvalue weighted by Crippen LogP contribution is 2.36. The Morgan fingerprint density at radius 1 is 1.17 bits per heavy atom. The summed E-state index contributed by atoms with van der Waals surface area (Å²) >= 11 is 1.47. The van der Waals surface area contributed by atoms with Gasteiger partial charge in [-0.3, -0.25) is 9.36 Å². The van der Waals surface area contributed by atoms with Gasteiger partial charge < -0.3 is 10.1 Å². The molecule has 2 aromatic rings. The van der Waals surface area contributed by atoms with E-state index >= 15 is 0 Å². The zero-order valence-corrected chi connectivity index (χ0v) is 19.4. The number of hydrogen-bond acceptors (Lipinski definition) is 5. The lowest BCUT2D eigenvalue weighted by molar-refractivity contribution is -0.118. The van der Waals surface area contributed by atoms with Crippen molar-refractivity contribution in [3.05, 3.63) is 29.8 Å². The summed E-state index contributed by atoms with van der Waals surface area (Å²) in [6.45, 7) is 7.71. The number of nitrogens with zero attached hydrogens (tertiary/aromatic N) is 3. The monoisotopic (exact) mass is 430 g/mol. The lowest BCUT2D eigenvalue weighted by Crippen LogP contribution is -2.28. The average molecular weight is 431 g/mol. The van der Waals surface area contributed by atoms with Gasteiger partial charge in [0.15, 0.2) is 11.0 Å². The molecule has 0 radical (unpaired) electrons. The van der Waals surface area contributed by atoms with E-state index in [2.05, 4.69) is 65.1 Å². The molecule has 0 spiro atoms. The molecule has 0 aliphatic heterocycles. The zero-order chi connectivity index (χ0) is 21.6. The van der Waals surface area contributed by atoms with Crippen LogP contribution >= 0.6 is 11.8 Å². The van der Waals surface area contributed by atoms with Gasteiger partial charge in [0, 0.05) is 25.3 Å². The molecule has 1 saturated carbocycles. The SMILES string of the molecule is COCCNC(=O)CSc1nnc(-c2ccc(C(C)(C)C)cc2)n1C1CCCCC1. The first-order valence-electron chi connectivity index (χ1n) is 10.8. The molecule has 164 valence electrons. The summed E-state index contributed by atoms with van der Waals surface area (Å²) < 4.78 is 7.26. The normalized spacial score (nSPS) is 15.3. The fourth-order valence-electron chi connectivity index (χ4n) is 3.83. The van der Waals surface area contributed by atoms with Crippen molar-refractivity contribution in [2.45, 2.75) is 69.5 Å². The third-order valence-electron chi connectivity index (χ3n) is 5.57. The minimum atomic E-state index is -0.00803. The molecule has 1 aliphatic rings. The molecule has 1 amide bonds. The molecule has 30 heavy (non-hydrogen) atoms. The first-order chi connectivity index (χ1) is 14.4. The Kier molecular flexibility index (Phi) is 7.94. The summed E-state index contributed by atoms with van der Waals surface area (Å²) in [7, 11) is 1.63. The van der Waals surface area contributed by atoms with Crippen LogP contribution in [0.2, 0.25) is 0 Å². The molecule has 7 heteroatoms. The van der Waals surface area contributed by atoms with E-state index in [9.17, 15) is 4.79 Å². The van der Waals surface area contributed by atoms with Gasteiger partial charge in [0.1, 0.15) is 0 Å². The Hall–Kier alpha value is -1.86. The van der Waals surface area contributed by atoms with E-state index in [1.54, 1.807) is 7.11 Å². The van der Waals surface area contributed by atoms with Crippen molar-refractivity contribution in [2.24, 2.45) is 0 Å². The lowest BCUT2D eigenvalue weighted by Gasteiger charge is -2.26. The Balaban J connectivity index is 1.82. The van der Waals surface area contributed by atoms with E-state index in [1.165, 1.54) is 36.6 Å². The van der Waals surface area contributed by atoms with Crippen LogP contribution in [0, 0.1) is 0 Å². The molecule has 0 saturated heterocycles. The van der Waals surface area contributed by atoms with Gasteiger partial charge in [-0.25, -0.2) is 0 Å². The van der Waals surface area contributed by atoms with Crippen LogP contribution in [0.1, 0.15) is 64.5 Å². The second-order valence-corrected chi connectivity index (χ2v) is 9.87. The van der Waals surface area contributed by atoms with Gasteiger partial charge in [0.2, 0.25) is 5.91 Å². The molecule has 1 heterocycles. The van der Waals surface area contributed by atoms with Crippen molar-refractivity contribution in [3.8, 4) is 11.4 Å². The van der Waals surface area contributed by atoms with Crippen LogP contribution in [0.5, 0.6) is 0 Å². The van der Waals surface area contributed by atoms with Gasteiger partial charge in [-0.2, -0.15) is 0 Å². The zero-order valence-electron chi connectivity index (χ0n) is 18.6. The maximum atomic E-state index is 12.1. The number of thioether (sulfide) groups is 1. The standard InChI is InChI=1S/C23H34N4O2S/c1-23(2,3)18-12-10-17(11-13-18)21-25-26-22(27(21)19-8-6-5-7-9-19)30-16-20(28)24-14-15-29-4/h10-13,19H,5-9,14-16H2,1-4H3,(H,24,28). The summed E-state index contributed by atoms with van der Waals surface area (Å²) in [4.78, 5) is 12.1. The number of hydrogen-bond donors (Lipinski definition) is 1. The van der Waals surface area contributed by atoms with E-state index in [-0.39, 0.29) is 11.3 Å². The quantitative estimate of drug-likeness (QED) is 0.489.